The molecule has 1 aromatic heterocycles. The summed E-state index contributed by atoms with van der Waals surface area (Å²) in [6, 6.07) is 13.2. The maximum atomic E-state index is 11.7. The van der Waals surface area contributed by atoms with Crippen LogP contribution in [0.25, 0.3) is 0 Å². The summed E-state index contributed by atoms with van der Waals surface area (Å²) >= 11 is 0. The zero-order valence-corrected chi connectivity index (χ0v) is 12.9. The van der Waals surface area contributed by atoms with Gasteiger partial charge in [-0.3, -0.25) is 4.79 Å². The Morgan fingerprint density at radius 2 is 2.04 bits per heavy atom. The molecule has 1 amide bonds. The third-order valence-electron chi connectivity index (χ3n) is 3.27. The van der Waals surface area contributed by atoms with Crippen LogP contribution >= 0.6 is 0 Å². The van der Waals surface area contributed by atoms with Crippen molar-refractivity contribution in [1.29, 1.82) is 0 Å². The molecule has 0 aliphatic carbocycles. The van der Waals surface area contributed by atoms with Crippen molar-refractivity contribution >= 4 is 11.7 Å². The van der Waals surface area contributed by atoms with Crippen molar-refractivity contribution in [3.8, 4) is 0 Å². The van der Waals surface area contributed by atoms with Gasteiger partial charge < -0.3 is 15.7 Å². The van der Waals surface area contributed by atoms with Crippen LogP contribution < -0.4 is 10.6 Å². The molecular weight excluding hydrogens is 290 g/mol. The van der Waals surface area contributed by atoms with Gasteiger partial charge in [-0.2, -0.15) is 0 Å². The van der Waals surface area contributed by atoms with Crippen LogP contribution in [0, 0.1) is 0 Å². The first-order chi connectivity index (χ1) is 11.2. The molecule has 5 heteroatoms. The summed E-state index contributed by atoms with van der Waals surface area (Å²) in [4.78, 5) is 15.9. The Morgan fingerprint density at radius 3 is 2.70 bits per heavy atom. The first-order valence-electron chi connectivity index (χ1n) is 7.50. The number of aliphatic hydroxyl groups excluding tert-OH is 1. The lowest BCUT2D eigenvalue weighted by Crippen LogP contribution is -2.24. The fraction of sp³-hybridized carbons (Fsp3) is 0.222. The molecule has 0 aliphatic rings. The van der Waals surface area contributed by atoms with Gasteiger partial charge in [0.2, 0.25) is 0 Å². The molecule has 5 nitrogen and oxygen atoms in total. The fourth-order valence-corrected chi connectivity index (χ4v) is 2.08. The Kier molecular flexibility index (Phi) is 6.32. The van der Waals surface area contributed by atoms with Crippen LogP contribution in [0.1, 0.15) is 15.9 Å². The average Bonchev–Trinajstić information content (AvgIpc) is 2.59. The number of nitrogens with one attached hydrogen (secondary N) is 2. The van der Waals surface area contributed by atoms with E-state index in [1.807, 2.05) is 30.3 Å². The Morgan fingerprint density at radius 1 is 1.26 bits per heavy atom. The SMILES string of the molecule is C=CCNC(=O)c1ccc(NCC(O)Cc2ccccc2)nc1. The highest BCUT2D eigenvalue weighted by atomic mass is 16.3. The van der Waals surface area contributed by atoms with Crippen molar-refractivity contribution in [2.45, 2.75) is 12.5 Å². The van der Waals surface area contributed by atoms with Crippen LogP contribution in [0.4, 0.5) is 5.82 Å². The number of rotatable bonds is 8. The van der Waals surface area contributed by atoms with E-state index in [-0.39, 0.29) is 5.91 Å². The third kappa shape index (κ3) is 5.56. The summed E-state index contributed by atoms with van der Waals surface area (Å²) in [6.45, 7) is 4.36. The van der Waals surface area contributed by atoms with Gasteiger partial charge in [0.05, 0.1) is 11.7 Å². The molecule has 0 aliphatic heterocycles. The standard InChI is InChI=1S/C18H21N3O2/c1-2-10-19-18(23)15-8-9-17(20-12-15)21-13-16(22)11-14-6-4-3-5-7-14/h2-9,12,16,22H,1,10-11,13H2,(H,19,23)(H,20,21). The Labute approximate surface area is 136 Å². The Hall–Kier alpha value is -2.66. The lowest BCUT2D eigenvalue weighted by molar-refractivity contribution is 0.0957. The molecule has 1 atom stereocenters. The number of nitrogens with zero attached hydrogens (tertiary/aromatic N) is 1. The fourth-order valence-electron chi connectivity index (χ4n) is 2.08. The first-order valence-corrected chi connectivity index (χ1v) is 7.50. The van der Waals surface area contributed by atoms with E-state index in [1.165, 1.54) is 6.20 Å². The molecule has 1 unspecified atom stereocenters. The number of pyridine rings is 1. The highest BCUT2D eigenvalue weighted by molar-refractivity contribution is 5.94. The minimum absolute atomic E-state index is 0.187. The van der Waals surface area contributed by atoms with Gasteiger partial charge in [0, 0.05) is 25.7 Å². The minimum atomic E-state index is -0.505. The van der Waals surface area contributed by atoms with Crippen LogP contribution in [0.2, 0.25) is 0 Å². The summed E-state index contributed by atoms with van der Waals surface area (Å²) in [7, 11) is 0. The number of anilines is 1. The highest BCUT2D eigenvalue weighted by Crippen LogP contribution is 2.07. The van der Waals surface area contributed by atoms with Gasteiger partial charge in [0.1, 0.15) is 5.82 Å². The predicted octanol–water partition coefficient (Wildman–Crippen LogP) is 2.01. The van der Waals surface area contributed by atoms with Crippen LogP contribution in [0.3, 0.4) is 0 Å². The molecule has 0 bridgehead atoms. The van der Waals surface area contributed by atoms with E-state index >= 15 is 0 Å². The molecule has 3 N–H and O–H groups in total. The third-order valence-corrected chi connectivity index (χ3v) is 3.27. The maximum Gasteiger partial charge on any atom is 0.253 e. The maximum absolute atomic E-state index is 11.7. The molecule has 23 heavy (non-hydrogen) atoms. The zero-order valence-electron chi connectivity index (χ0n) is 12.9. The molecule has 0 saturated carbocycles. The summed E-state index contributed by atoms with van der Waals surface area (Å²) < 4.78 is 0. The number of hydrogen-bond donors (Lipinski definition) is 3. The Balaban J connectivity index is 1.81. The molecule has 1 aromatic carbocycles. The van der Waals surface area contributed by atoms with Gasteiger partial charge in [-0.05, 0) is 17.7 Å². The quantitative estimate of drug-likeness (QED) is 0.652. The van der Waals surface area contributed by atoms with Crippen LogP contribution in [-0.4, -0.2) is 35.2 Å². The number of amides is 1. The number of aliphatic hydroxyl groups is 1. The van der Waals surface area contributed by atoms with Crippen LogP contribution in [-0.2, 0) is 6.42 Å². The monoisotopic (exact) mass is 311 g/mol. The molecule has 0 spiro atoms. The summed E-state index contributed by atoms with van der Waals surface area (Å²) in [5.74, 6) is 0.436. The van der Waals surface area contributed by atoms with Crippen molar-refractivity contribution in [1.82, 2.24) is 10.3 Å². The van der Waals surface area contributed by atoms with Crippen molar-refractivity contribution in [3.63, 3.8) is 0 Å². The molecule has 0 saturated heterocycles. The summed E-state index contributed by atoms with van der Waals surface area (Å²) in [6.07, 6.45) is 3.20. The van der Waals surface area contributed by atoms with Crippen molar-refractivity contribution in [2.24, 2.45) is 0 Å². The molecule has 1 heterocycles. The van der Waals surface area contributed by atoms with E-state index in [4.69, 9.17) is 0 Å². The normalized spacial score (nSPS) is 11.5. The van der Waals surface area contributed by atoms with E-state index in [0.29, 0.717) is 30.9 Å². The van der Waals surface area contributed by atoms with Gasteiger partial charge >= 0.3 is 0 Å². The summed E-state index contributed by atoms with van der Waals surface area (Å²) in [5, 5.41) is 15.8. The van der Waals surface area contributed by atoms with E-state index in [1.54, 1.807) is 18.2 Å². The smallest absolute Gasteiger partial charge is 0.253 e. The molecular formula is C18H21N3O2. The van der Waals surface area contributed by atoms with E-state index in [2.05, 4.69) is 22.2 Å². The Bertz CT molecular complexity index is 626. The van der Waals surface area contributed by atoms with E-state index in [9.17, 15) is 9.90 Å². The molecule has 120 valence electrons. The second-order valence-corrected chi connectivity index (χ2v) is 5.16. The minimum Gasteiger partial charge on any atom is -0.391 e. The second kappa shape index (κ2) is 8.70. The largest absolute Gasteiger partial charge is 0.391 e. The number of benzene rings is 1. The number of carbonyl (C=O) groups excluding carboxylic acids is 1. The number of hydrogen-bond acceptors (Lipinski definition) is 4. The predicted molar refractivity (Wildman–Crippen MR) is 91.4 cm³/mol. The van der Waals surface area contributed by atoms with Crippen molar-refractivity contribution < 1.29 is 9.90 Å². The first kappa shape index (κ1) is 16.7. The summed E-state index contributed by atoms with van der Waals surface area (Å²) in [5.41, 5.74) is 1.58. The zero-order chi connectivity index (χ0) is 16.5. The van der Waals surface area contributed by atoms with Crippen molar-refractivity contribution in [3.05, 3.63) is 72.4 Å². The van der Waals surface area contributed by atoms with Crippen molar-refractivity contribution in [2.75, 3.05) is 18.4 Å². The second-order valence-electron chi connectivity index (χ2n) is 5.16. The van der Waals surface area contributed by atoms with Gasteiger partial charge in [-0.1, -0.05) is 36.4 Å². The van der Waals surface area contributed by atoms with E-state index < -0.39 is 6.10 Å². The molecule has 2 rings (SSSR count). The van der Waals surface area contributed by atoms with Gasteiger partial charge in [0.15, 0.2) is 0 Å². The van der Waals surface area contributed by atoms with Crippen LogP contribution in [0.5, 0.6) is 0 Å². The molecule has 2 aromatic rings. The number of aromatic nitrogens is 1. The topological polar surface area (TPSA) is 74.2 Å². The van der Waals surface area contributed by atoms with Gasteiger partial charge in [-0.25, -0.2) is 4.98 Å². The molecule has 0 radical (unpaired) electrons. The van der Waals surface area contributed by atoms with Crippen LogP contribution in [0.15, 0.2) is 61.3 Å². The molecule has 0 fully saturated rings. The highest BCUT2D eigenvalue weighted by Gasteiger charge is 2.07. The van der Waals surface area contributed by atoms with Gasteiger partial charge in [-0.15, -0.1) is 6.58 Å². The average molecular weight is 311 g/mol. The lowest BCUT2D eigenvalue weighted by Gasteiger charge is -2.12. The van der Waals surface area contributed by atoms with Gasteiger partial charge in [0.25, 0.3) is 5.91 Å². The van der Waals surface area contributed by atoms with E-state index in [0.717, 1.165) is 5.56 Å². The number of carbonyl (C=O) groups is 1. The lowest BCUT2D eigenvalue weighted by atomic mass is 10.1.